The molecule has 1 saturated carbocycles. The van der Waals surface area contributed by atoms with E-state index in [9.17, 15) is 9.59 Å². The van der Waals surface area contributed by atoms with E-state index in [2.05, 4.69) is 19.2 Å². The fourth-order valence-electron chi connectivity index (χ4n) is 3.58. The second-order valence-electron chi connectivity index (χ2n) is 8.88. The fourth-order valence-corrected chi connectivity index (χ4v) is 3.58. The molecule has 0 bridgehead atoms. The number of nitrogens with one attached hydrogen (secondary N) is 1. The summed E-state index contributed by atoms with van der Waals surface area (Å²) in [6.07, 6.45) is 1.04. The molecule has 0 radical (unpaired) electrons. The molecule has 1 heterocycles. The van der Waals surface area contributed by atoms with Crippen LogP contribution in [0.3, 0.4) is 0 Å². The summed E-state index contributed by atoms with van der Waals surface area (Å²) in [5.74, 6) is 0.388. The number of fused-ring (bicyclic) bond motifs is 1. The molecule has 2 atom stereocenters. The summed E-state index contributed by atoms with van der Waals surface area (Å²) in [5, 5.41) is 2.96. The Morgan fingerprint density at radius 2 is 2.00 bits per heavy atom. The number of hydrogen-bond acceptors (Lipinski definition) is 5. The lowest BCUT2D eigenvalue weighted by Crippen LogP contribution is -2.44. The number of amides is 1. The van der Waals surface area contributed by atoms with Gasteiger partial charge in [-0.1, -0.05) is 13.8 Å². The van der Waals surface area contributed by atoms with Gasteiger partial charge >= 0.3 is 12.1 Å². The van der Waals surface area contributed by atoms with Crippen molar-refractivity contribution in [2.24, 2.45) is 5.41 Å². The third kappa shape index (κ3) is 4.29. The highest BCUT2D eigenvalue weighted by atomic mass is 16.6. The molecule has 3 rings (SSSR count). The van der Waals surface area contributed by atoms with Crippen LogP contribution in [0.5, 0.6) is 5.75 Å². The molecule has 0 unspecified atom stereocenters. The van der Waals surface area contributed by atoms with Gasteiger partial charge in [0, 0.05) is 5.56 Å². The number of carbonyl (C=O) groups is 2. The molecule has 1 amide bonds. The maximum atomic E-state index is 12.2. The Hall–Kier alpha value is -2.24. The summed E-state index contributed by atoms with van der Waals surface area (Å²) in [6.45, 7) is 10.1. The molecule has 0 saturated heterocycles. The van der Waals surface area contributed by atoms with E-state index < -0.39 is 11.7 Å². The van der Waals surface area contributed by atoms with Crippen LogP contribution in [-0.4, -0.2) is 29.8 Å². The van der Waals surface area contributed by atoms with E-state index in [1.54, 1.807) is 12.1 Å². The van der Waals surface area contributed by atoms with Crippen molar-refractivity contribution < 1.29 is 23.8 Å². The maximum absolute atomic E-state index is 12.2. The normalized spacial score (nSPS) is 24.0. The first-order chi connectivity index (χ1) is 12.0. The van der Waals surface area contributed by atoms with E-state index in [1.165, 1.54) is 0 Å². The minimum atomic E-state index is -0.541. The van der Waals surface area contributed by atoms with Crippen LogP contribution in [0.2, 0.25) is 0 Å². The van der Waals surface area contributed by atoms with Crippen LogP contribution in [0.4, 0.5) is 4.79 Å². The third-order valence-electron chi connectivity index (χ3n) is 4.62. The van der Waals surface area contributed by atoms with E-state index in [0.29, 0.717) is 11.3 Å². The molecule has 26 heavy (non-hydrogen) atoms. The summed E-state index contributed by atoms with van der Waals surface area (Å²) < 4.78 is 16.6. The number of alkyl carbamates (subject to hydrolysis) is 1. The molecule has 0 spiro atoms. The maximum Gasteiger partial charge on any atom is 0.408 e. The Bertz CT molecular complexity index is 719. The molecular formula is C20H27NO5. The van der Waals surface area contributed by atoms with Crippen molar-refractivity contribution in [2.75, 3.05) is 0 Å². The van der Waals surface area contributed by atoms with Crippen molar-refractivity contribution in [3.8, 4) is 5.75 Å². The quantitative estimate of drug-likeness (QED) is 0.829. The minimum absolute atomic E-state index is 0.0557. The van der Waals surface area contributed by atoms with Crippen LogP contribution >= 0.6 is 0 Å². The molecule has 1 N–H and O–H groups in total. The molecule has 1 aliphatic carbocycles. The summed E-state index contributed by atoms with van der Waals surface area (Å²) >= 11 is 0. The molecule has 1 aromatic rings. The Balaban J connectivity index is 1.70. The minimum Gasteiger partial charge on any atom is -0.488 e. The number of ether oxygens (including phenoxy) is 3. The average Bonchev–Trinajstić information content (AvgIpc) is 2.97. The first kappa shape index (κ1) is 18.5. The number of rotatable bonds is 3. The second kappa shape index (κ2) is 6.49. The lowest BCUT2D eigenvalue weighted by atomic mass is 9.91. The van der Waals surface area contributed by atoms with Crippen molar-refractivity contribution in [1.82, 2.24) is 5.32 Å². The largest absolute Gasteiger partial charge is 0.488 e. The number of carbonyl (C=O) groups excluding carboxylic acids is 2. The number of esters is 1. The van der Waals surface area contributed by atoms with E-state index >= 15 is 0 Å². The van der Waals surface area contributed by atoms with Gasteiger partial charge in [-0.25, -0.2) is 9.59 Å². The van der Waals surface area contributed by atoms with E-state index in [4.69, 9.17) is 14.2 Å². The number of benzene rings is 1. The summed E-state index contributed by atoms with van der Waals surface area (Å²) in [4.78, 5) is 23.7. The van der Waals surface area contributed by atoms with Gasteiger partial charge < -0.3 is 19.5 Å². The van der Waals surface area contributed by atoms with Crippen molar-refractivity contribution in [3.63, 3.8) is 0 Å². The Labute approximate surface area is 154 Å². The van der Waals surface area contributed by atoms with Gasteiger partial charge in [0.15, 0.2) is 0 Å². The summed E-state index contributed by atoms with van der Waals surface area (Å²) in [5.41, 5.74) is 0.940. The predicted octanol–water partition coefficient (Wildman–Crippen LogP) is 3.82. The molecule has 1 aliphatic heterocycles. The Morgan fingerprint density at radius 1 is 1.27 bits per heavy atom. The topological polar surface area (TPSA) is 73.9 Å². The lowest BCUT2D eigenvalue weighted by molar-refractivity contribution is 0.0463. The van der Waals surface area contributed by atoms with Crippen molar-refractivity contribution in [3.05, 3.63) is 29.3 Å². The second-order valence-corrected chi connectivity index (χ2v) is 8.88. The standard InChI is InChI=1S/C20H27NO5/c1-19(2,3)26-18(23)21-15-9-20(4,5)10-16(15)25-13-6-7-14-12(8-13)11-24-17(14)22/h6-8,15-16H,9-11H2,1-5H3,(H,21,23)/t15-,16-/m1/s1. The third-order valence-corrected chi connectivity index (χ3v) is 4.62. The van der Waals surface area contributed by atoms with Crippen molar-refractivity contribution >= 4 is 12.1 Å². The highest BCUT2D eigenvalue weighted by Gasteiger charge is 2.42. The van der Waals surface area contributed by atoms with Gasteiger partial charge in [0.25, 0.3) is 0 Å². The molecule has 6 heteroatoms. The van der Waals surface area contributed by atoms with E-state index in [1.807, 2.05) is 26.8 Å². The van der Waals surface area contributed by atoms with Gasteiger partial charge in [-0.15, -0.1) is 0 Å². The van der Waals surface area contributed by atoms with Gasteiger partial charge in [0.1, 0.15) is 24.1 Å². The van der Waals surface area contributed by atoms with Crippen molar-refractivity contribution in [1.29, 1.82) is 0 Å². The van der Waals surface area contributed by atoms with E-state index in [0.717, 1.165) is 18.4 Å². The monoisotopic (exact) mass is 361 g/mol. The summed E-state index contributed by atoms with van der Waals surface area (Å²) in [6, 6.07) is 5.22. The molecule has 6 nitrogen and oxygen atoms in total. The summed E-state index contributed by atoms with van der Waals surface area (Å²) in [7, 11) is 0. The SMILES string of the molecule is CC1(C)C[C@@H](NC(=O)OC(C)(C)C)[C@H](Oc2ccc3c(c2)COC3=O)C1. The molecular weight excluding hydrogens is 334 g/mol. The Kier molecular flexibility index (Phi) is 4.63. The van der Waals surface area contributed by atoms with Gasteiger partial charge in [-0.05, 0) is 57.2 Å². The zero-order chi connectivity index (χ0) is 19.1. The van der Waals surface area contributed by atoms with Crippen LogP contribution in [-0.2, 0) is 16.1 Å². The smallest absolute Gasteiger partial charge is 0.408 e. The van der Waals surface area contributed by atoms with Crippen molar-refractivity contribution in [2.45, 2.75) is 71.8 Å². The van der Waals surface area contributed by atoms with Crippen LogP contribution in [0.15, 0.2) is 18.2 Å². The van der Waals surface area contributed by atoms with Gasteiger partial charge in [0.2, 0.25) is 0 Å². The molecule has 142 valence electrons. The molecule has 1 fully saturated rings. The highest BCUT2D eigenvalue weighted by Crippen LogP contribution is 2.39. The first-order valence-corrected chi connectivity index (χ1v) is 8.99. The fraction of sp³-hybridized carbons (Fsp3) is 0.600. The number of hydrogen-bond donors (Lipinski definition) is 1. The van der Waals surface area contributed by atoms with Crippen LogP contribution in [0.25, 0.3) is 0 Å². The number of cyclic esters (lactones) is 1. The highest BCUT2D eigenvalue weighted by molar-refractivity contribution is 5.93. The molecule has 0 aromatic heterocycles. The first-order valence-electron chi connectivity index (χ1n) is 8.99. The predicted molar refractivity (Wildman–Crippen MR) is 96.2 cm³/mol. The zero-order valence-corrected chi connectivity index (χ0v) is 16.0. The van der Waals surface area contributed by atoms with Crippen LogP contribution in [0, 0.1) is 5.41 Å². The van der Waals surface area contributed by atoms with Gasteiger partial charge in [-0.2, -0.15) is 0 Å². The lowest BCUT2D eigenvalue weighted by Gasteiger charge is -2.25. The molecule has 1 aromatic carbocycles. The average molecular weight is 361 g/mol. The van der Waals surface area contributed by atoms with Crippen LogP contribution in [0.1, 0.15) is 63.4 Å². The van der Waals surface area contributed by atoms with E-state index in [-0.39, 0.29) is 30.1 Å². The Morgan fingerprint density at radius 3 is 2.69 bits per heavy atom. The van der Waals surface area contributed by atoms with Gasteiger partial charge in [0.05, 0.1) is 11.6 Å². The van der Waals surface area contributed by atoms with Gasteiger partial charge in [-0.3, -0.25) is 0 Å². The molecule has 2 aliphatic rings. The van der Waals surface area contributed by atoms with Crippen LogP contribution < -0.4 is 10.1 Å². The zero-order valence-electron chi connectivity index (χ0n) is 16.0.